The van der Waals surface area contributed by atoms with Crippen molar-refractivity contribution in [2.45, 2.75) is 18.8 Å². The summed E-state index contributed by atoms with van der Waals surface area (Å²) in [4.78, 5) is 34.1. The maximum absolute atomic E-state index is 13.3. The molecule has 2 aliphatic rings. The van der Waals surface area contributed by atoms with Crippen LogP contribution in [0.2, 0.25) is 0 Å². The van der Waals surface area contributed by atoms with E-state index in [4.69, 9.17) is 9.40 Å². The predicted octanol–water partition coefficient (Wildman–Crippen LogP) is 3.30. The molecule has 6 heteroatoms. The van der Waals surface area contributed by atoms with E-state index in [2.05, 4.69) is 0 Å². The number of carbonyl (C=O) groups excluding carboxylic acids is 2. The molecule has 2 fully saturated rings. The SMILES string of the molecule is O=C(c1ccco1)N1CCN(C(=O)c2cc(C3CC3)nc3ccccc23)CC1. The highest BCUT2D eigenvalue weighted by atomic mass is 16.3. The number of carbonyl (C=O) groups is 2. The van der Waals surface area contributed by atoms with Gasteiger partial charge in [-0.05, 0) is 37.1 Å². The molecule has 1 saturated heterocycles. The summed E-state index contributed by atoms with van der Waals surface area (Å²) in [6.07, 6.45) is 3.79. The Morgan fingerprint density at radius 3 is 2.32 bits per heavy atom. The van der Waals surface area contributed by atoms with Crippen LogP contribution in [0.4, 0.5) is 0 Å². The molecule has 5 rings (SSSR count). The van der Waals surface area contributed by atoms with Gasteiger partial charge in [0.25, 0.3) is 11.8 Å². The number of piperazine rings is 1. The second kappa shape index (κ2) is 6.78. The van der Waals surface area contributed by atoms with Gasteiger partial charge in [-0.15, -0.1) is 0 Å². The van der Waals surface area contributed by atoms with Gasteiger partial charge in [0.15, 0.2) is 5.76 Å². The fraction of sp³-hybridized carbons (Fsp3) is 0.318. The first-order valence-electron chi connectivity index (χ1n) is 9.72. The molecular weight excluding hydrogens is 354 g/mol. The number of para-hydroxylation sites is 1. The van der Waals surface area contributed by atoms with Gasteiger partial charge in [0, 0.05) is 43.2 Å². The largest absolute Gasteiger partial charge is 0.459 e. The van der Waals surface area contributed by atoms with E-state index in [1.54, 1.807) is 17.0 Å². The Hall–Kier alpha value is -3.15. The van der Waals surface area contributed by atoms with Crippen molar-refractivity contribution in [1.82, 2.24) is 14.8 Å². The summed E-state index contributed by atoms with van der Waals surface area (Å²) in [5, 5.41) is 0.894. The molecule has 3 heterocycles. The molecule has 1 saturated carbocycles. The quantitative estimate of drug-likeness (QED) is 0.704. The monoisotopic (exact) mass is 375 g/mol. The van der Waals surface area contributed by atoms with E-state index in [-0.39, 0.29) is 11.8 Å². The minimum absolute atomic E-state index is 0.0191. The third-order valence-corrected chi connectivity index (χ3v) is 5.55. The van der Waals surface area contributed by atoms with E-state index in [1.807, 2.05) is 35.2 Å². The highest BCUT2D eigenvalue weighted by Crippen LogP contribution is 2.40. The van der Waals surface area contributed by atoms with E-state index < -0.39 is 0 Å². The molecule has 2 amide bonds. The Morgan fingerprint density at radius 2 is 1.64 bits per heavy atom. The van der Waals surface area contributed by atoms with Crippen LogP contribution in [-0.2, 0) is 0 Å². The van der Waals surface area contributed by atoms with Crippen LogP contribution < -0.4 is 0 Å². The zero-order valence-electron chi connectivity index (χ0n) is 15.5. The highest BCUT2D eigenvalue weighted by Gasteiger charge is 2.30. The summed E-state index contributed by atoms with van der Waals surface area (Å²) >= 11 is 0. The van der Waals surface area contributed by atoms with Gasteiger partial charge in [-0.2, -0.15) is 0 Å². The molecule has 0 N–H and O–H groups in total. The van der Waals surface area contributed by atoms with Gasteiger partial charge in [0.05, 0.1) is 17.3 Å². The van der Waals surface area contributed by atoms with Gasteiger partial charge < -0.3 is 14.2 Å². The first-order valence-corrected chi connectivity index (χ1v) is 9.72. The average Bonchev–Trinajstić information content (AvgIpc) is 3.46. The number of rotatable bonds is 3. The van der Waals surface area contributed by atoms with Crippen LogP contribution in [0.1, 0.15) is 45.4 Å². The summed E-state index contributed by atoms with van der Waals surface area (Å²) in [5.41, 5.74) is 2.62. The van der Waals surface area contributed by atoms with Crippen LogP contribution in [0.5, 0.6) is 0 Å². The normalized spacial score (nSPS) is 17.1. The highest BCUT2D eigenvalue weighted by molar-refractivity contribution is 6.06. The number of amides is 2. The molecule has 28 heavy (non-hydrogen) atoms. The van der Waals surface area contributed by atoms with Crippen LogP contribution >= 0.6 is 0 Å². The molecular formula is C22H21N3O3. The molecule has 1 aromatic carbocycles. The molecule has 0 bridgehead atoms. The van der Waals surface area contributed by atoms with E-state index >= 15 is 0 Å². The van der Waals surface area contributed by atoms with Crippen LogP contribution in [0, 0.1) is 0 Å². The molecule has 1 aliphatic carbocycles. The Labute approximate surface area is 162 Å². The van der Waals surface area contributed by atoms with Gasteiger partial charge >= 0.3 is 0 Å². The van der Waals surface area contributed by atoms with Crippen molar-refractivity contribution < 1.29 is 14.0 Å². The second-order valence-corrected chi connectivity index (χ2v) is 7.45. The second-order valence-electron chi connectivity index (χ2n) is 7.45. The Bertz CT molecular complexity index is 1030. The Kier molecular flexibility index (Phi) is 4.11. The maximum atomic E-state index is 13.3. The lowest BCUT2D eigenvalue weighted by atomic mass is 10.0. The first-order chi connectivity index (χ1) is 13.7. The maximum Gasteiger partial charge on any atom is 0.289 e. The number of aromatic nitrogens is 1. The molecule has 6 nitrogen and oxygen atoms in total. The van der Waals surface area contributed by atoms with Crippen molar-refractivity contribution in [3.8, 4) is 0 Å². The van der Waals surface area contributed by atoms with E-state index in [1.165, 1.54) is 6.26 Å². The number of pyridine rings is 1. The van der Waals surface area contributed by atoms with Crippen molar-refractivity contribution in [3.05, 3.63) is 65.7 Å². The molecule has 2 aromatic heterocycles. The molecule has 0 atom stereocenters. The van der Waals surface area contributed by atoms with E-state index in [0.717, 1.165) is 35.0 Å². The van der Waals surface area contributed by atoms with Crippen LogP contribution in [-0.4, -0.2) is 52.8 Å². The number of nitrogens with zero attached hydrogens (tertiary/aromatic N) is 3. The van der Waals surface area contributed by atoms with Gasteiger partial charge in [0.1, 0.15) is 0 Å². The van der Waals surface area contributed by atoms with Crippen molar-refractivity contribution in [2.24, 2.45) is 0 Å². The predicted molar refractivity (Wildman–Crippen MR) is 104 cm³/mol. The lowest BCUT2D eigenvalue weighted by Gasteiger charge is -2.34. The number of furan rings is 1. The summed E-state index contributed by atoms with van der Waals surface area (Å²) in [7, 11) is 0. The standard InChI is InChI=1S/C22H21N3O3/c26-21(24-9-11-25(12-10-24)22(27)20-6-3-13-28-20)17-14-19(15-7-8-15)23-18-5-2-1-4-16(17)18/h1-6,13-15H,7-12H2. The fourth-order valence-electron chi connectivity index (χ4n) is 3.80. The summed E-state index contributed by atoms with van der Waals surface area (Å²) in [5.74, 6) is 0.723. The zero-order chi connectivity index (χ0) is 19.1. The third kappa shape index (κ3) is 3.05. The summed E-state index contributed by atoms with van der Waals surface area (Å²) in [6.45, 7) is 2.04. The average molecular weight is 375 g/mol. The number of hydrogen-bond donors (Lipinski definition) is 0. The van der Waals surface area contributed by atoms with Crippen LogP contribution in [0.25, 0.3) is 10.9 Å². The minimum Gasteiger partial charge on any atom is -0.459 e. The summed E-state index contributed by atoms with van der Waals surface area (Å²) < 4.78 is 5.20. The topological polar surface area (TPSA) is 66.7 Å². The van der Waals surface area contributed by atoms with Crippen LogP contribution in [0.15, 0.2) is 53.1 Å². The van der Waals surface area contributed by atoms with Crippen molar-refractivity contribution >= 4 is 22.7 Å². The molecule has 3 aromatic rings. The first kappa shape index (κ1) is 17.0. The number of hydrogen-bond acceptors (Lipinski definition) is 4. The van der Waals surface area contributed by atoms with Gasteiger partial charge in [-0.1, -0.05) is 18.2 Å². The van der Waals surface area contributed by atoms with E-state index in [9.17, 15) is 9.59 Å². The van der Waals surface area contributed by atoms with Gasteiger partial charge in [-0.3, -0.25) is 14.6 Å². The Morgan fingerprint density at radius 1 is 0.929 bits per heavy atom. The third-order valence-electron chi connectivity index (χ3n) is 5.55. The summed E-state index contributed by atoms with van der Waals surface area (Å²) in [6, 6.07) is 13.2. The lowest BCUT2D eigenvalue weighted by Crippen LogP contribution is -2.50. The van der Waals surface area contributed by atoms with Crippen molar-refractivity contribution in [1.29, 1.82) is 0 Å². The van der Waals surface area contributed by atoms with Gasteiger partial charge in [-0.25, -0.2) is 0 Å². The fourth-order valence-corrected chi connectivity index (χ4v) is 3.80. The lowest BCUT2D eigenvalue weighted by molar-refractivity contribution is 0.0519. The Balaban J connectivity index is 1.37. The smallest absolute Gasteiger partial charge is 0.289 e. The van der Waals surface area contributed by atoms with Crippen molar-refractivity contribution in [3.63, 3.8) is 0 Å². The number of fused-ring (bicyclic) bond motifs is 1. The number of benzene rings is 1. The van der Waals surface area contributed by atoms with E-state index in [0.29, 0.717) is 37.9 Å². The van der Waals surface area contributed by atoms with Gasteiger partial charge in [0.2, 0.25) is 0 Å². The molecule has 0 unspecified atom stereocenters. The van der Waals surface area contributed by atoms with Crippen molar-refractivity contribution in [2.75, 3.05) is 26.2 Å². The molecule has 142 valence electrons. The molecule has 0 spiro atoms. The van der Waals surface area contributed by atoms with Crippen LogP contribution in [0.3, 0.4) is 0 Å². The zero-order valence-corrected chi connectivity index (χ0v) is 15.5. The molecule has 1 aliphatic heterocycles. The molecule has 0 radical (unpaired) electrons. The minimum atomic E-state index is -0.123.